The highest BCUT2D eigenvalue weighted by Crippen LogP contribution is 2.29. The highest BCUT2D eigenvalue weighted by Gasteiger charge is 2.30. The summed E-state index contributed by atoms with van der Waals surface area (Å²) in [6, 6.07) is 0.0204. The number of urea groups is 1. The second-order valence-electron chi connectivity index (χ2n) is 6.91. The van der Waals surface area contributed by atoms with Gasteiger partial charge < -0.3 is 15.3 Å². The molecule has 0 aliphatic carbocycles. The molecule has 2 N–H and O–H groups in total. The normalized spacial score (nSPS) is 21.1. The van der Waals surface area contributed by atoms with E-state index in [0.29, 0.717) is 13.0 Å². The summed E-state index contributed by atoms with van der Waals surface area (Å²) in [5.74, 6) is 0.998. The molecule has 1 rings (SSSR count). The summed E-state index contributed by atoms with van der Waals surface area (Å²) < 4.78 is 0.144. The van der Waals surface area contributed by atoms with Crippen LogP contribution in [0, 0.1) is 5.41 Å². The summed E-state index contributed by atoms with van der Waals surface area (Å²) >= 11 is 1.92. The molecule has 2 amide bonds. The van der Waals surface area contributed by atoms with E-state index in [0.717, 1.165) is 18.8 Å². The van der Waals surface area contributed by atoms with Crippen molar-refractivity contribution in [2.75, 3.05) is 25.4 Å². The summed E-state index contributed by atoms with van der Waals surface area (Å²) in [5.41, 5.74) is -0.0795. The topological polar surface area (TPSA) is 52.6 Å². The molecule has 1 atom stereocenters. The van der Waals surface area contributed by atoms with Crippen LogP contribution in [-0.4, -0.2) is 52.3 Å². The quantitative estimate of drug-likeness (QED) is 0.835. The largest absolute Gasteiger partial charge is 0.393 e. The fraction of sp³-hybridized carbons (Fsp3) is 0.929. The standard InChI is InChI=1S/C14H28N2O2S/c1-11(17)8-13(2,3)9-15-12(18)16-6-7-19-14(4,5)10-16/h11,17H,6-10H2,1-5H3,(H,15,18). The van der Waals surface area contributed by atoms with Crippen molar-refractivity contribution in [3.8, 4) is 0 Å². The average Bonchev–Trinajstić information content (AvgIpc) is 2.22. The maximum absolute atomic E-state index is 12.2. The van der Waals surface area contributed by atoms with Crippen LogP contribution in [0.15, 0.2) is 0 Å². The van der Waals surface area contributed by atoms with Crippen molar-refractivity contribution < 1.29 is 9.90 Å². The maximum Gasteiger partial charge on any atom is 0.317 e. The Kier molecular flexibility index (Phi) is 5.56. The predicted molar refractivity (Wildman–Crippen MR) is 81.6 cm³/mol. The molecule has 1 heterocycles. The fourth-order valence-corrected chi connectivity index (χ4v) is 3.60. The van der Waals surface area contributed by atoms with Crippen LogP contribution >= 0.6 is 11.8 Å². The number of carbonyl (C=O) groups is 1. The smallest absolute Gasteiger partial charge is 0.317 e. The van der Waals surface area contributed by atoms with E-state index < -0.39 is 0 Å². The lowest BCUT2D eigenvalue weighted by Crippen LogP contribution is -2.51. The zero-order valence-corrected chi connectivity index (χ0v) is 13.6. The highest BCUT2D eigenvalue weighted by atomic mass is 32.2. The van der Waals surface area contributed by atoms with Crippen LogP contribution in [0.5, 0.6) is 0 Å². The van der Waals surface area contributed by atoms with E-state index in [1.165, 1.54) is 0 Å². The van der Waals surface area contributed by atoms with E-state index in [4.69, 9.17) is 0 Å². The molecule has 1 fully saturated rings. The van der Waals surface area contributed by atoms with Gasteiger partial charge in [0.1, 0.15) is 0 Å². The molecule has 0 aromatic carbocycles. The first kappa shape index (κ1) is 16.6. The number of carbonyl (C=O) groups excluding carboxylic acids is 1. The summed E-state index contributed by atoms with van der Waals surface area (Å²) in [4.78, 5) is 14.1. The van der Waals surface area contributed by atoms with Gasteiger partial charge in [-0.05, 0) is 32.6 Å². The number of aliphatic hydroxyl groups excluding tert-OH is 1. The number of amides is 2. The van der Waals surface area contributed by atoms with Gasteiger partial charge in [-0.2, -0.15) is 11.8 Å². The fourth-order valence-electron chi connectivity index (χ4n) is 2.49. The Morgan fingerprint density at radius 3 is 2.68 bits per heavy atom. The van der Waals surface area contributed by atoms with Gasteiger partial charge in [-0.25, -0.2) is 4.79 Å². The summed E-state index contributed by atoms with van der Waals surface area (Å²) in [5, 5.41) is 12.4. The molecular formula is C14H28N2O2S. The molecule has 0 radical (unpaired) electrons. The molecule has 5 heteroatoms. The first-order valence-corrected chi connectivity index (χ1v) is 7.95. The van der Waals surface area contributed by atoms with Gasteiger partial charge in [0.25, 0.3) is 0 Å². The molecule has 112 valence electrons. The van der Waals surface area contributed by atoms with Gasteiger partial charge in [0.15, 0.2) is 0 Å². The van der Waals surface area contributed by atoms with Crippen molar-refractivity contribution in [3.63, 3.8) is 0 Å². The Labute approximate surface area is 121 Å². The van der Waals surface area contributed by atoms with Crippen LogP contribution < -0.4 is 5.32 Å². The molecule has 0 aromatic rings. The predicted octanol–water partition coefficient (Wildman–Crippen LogP) is 2.32. The summed E-state index contributed by atoms with van der Waals surface area (Å²) in [7, 11) is 0. The van der Waals surface area contributed by atoms with E-state index in [-0.39, 0.29) is 22.3 Å². The molecule has 1 unspecified atom stereocenters. The third-order valence-electron chi connectivity index (χ3n) is 3.28. The molecule has 19 heavy (non-hydrogen) atoms. The van der Waals surface area contributed by atoms with Gasteiger partial charge in [0.05, 0.1) is 6.10 Å². The Balaban J connectivity index is 2.43. The molecule has 1 saturated heterocycles. The number of hydrogen-bond acceptors (Lipinski definition) is 3. The first-order valence-electron chi connectivity index (χ1n) is 6.96. The van der Waals surface area contributed by atoms with Crippen molar-refractivity contribution in [1.29, 1.82) is 0 Å². The third-order valence-corrected chi connectivity index (χ3v) is 4.58. The van der Waals surface area contributed by atoms with Crippen molar-refractivity contribution in [1.82, 2.24) is 10.2 Å². The molecule has 0 saturated carbocycles. The molecule has 0 aromatic heterocycles. The van der Waals surface area contributed by atoms with E-state index in [1.807, 2.05) is 16.7 Å². The Morgan fingerprint density at radius 2 is 2.16 bits per heavy atom. The zero-order valence-electron chi connectivity index (χ0n) is 12.8. The van der Waals surface area contributed by atoms with Crippen LogP contribution in [0.4, 0.5) is 4.79 Å². The molecule has 0 spiro atoms. The SMILES string of the molecule is CC(O)CC(C)(C)CNC(=O)N1CCSC(C)(C)C1. The maximum atomic E-state index is 12.2. The molecule has 4 nitrogen and oxygen atoms in total. The van der Waals surface area contributed by atoms with Gasteiger partial charge in [-0.15, -0.1) is 0 Å². The second kappa shape index (κ2) is 6.35. The molecule has 1 aliphatic heterocycles. The van der Waals surface area contributed by atoms with Crippen molar-refractivity contribution in [2.45, 2.75) is 51.9 Å². The Hall–Kier alpha value is -0.420. The van der Waals surface area contributed by atoms with Crippen molar-refractivity contribution in [3.05, 3.63) is 0 Å². The number of nitrogens with one attached hydrogen (secondary N) is 1. The Bertz CT molecular complexity index is 317. The van der Waals surface area contributed by atoms with Crippen LogP contribution in [0.1, 0.15) is 41.0 Å². The summed E-state index contributed by atoms with van der Waals surface area (Å²) in [6.45, 7) is 12.5. The van der Waals surface area contributed by atoms with Gasteiger partial charge >= 0.3 is 6.03 Å². The first-order chi connectivity index (χ1) is 8.61. The van der Waals surface area contributed by atoms with Crippen LogP contribution in [-0.2, 0) is 0 Å². The van der Waals surface area contributed by atoms with Crippen LogP contribution in [0.25, 0.3) is 0 Å². The van der Waals surface area contributed by atoms with E-state index >= 15 is 0 Å². The summed E-state index contributed by atoms with van der Waals surface area (Å²) in [6.07, 6.45) is 0.353. The lowest BCUT2D eigenvalue weighted by Gasteiger charge is -2.38. The van der Waals surface area contributed by atoms with Crippen LogP contribution in [0.3, 0.4) is 0 Å². The van der Waals surface area contributed by atoms with Gasteiger partial charge in [0.2, 0.25) is 0 Å². The number of hydrogen-bond donors (Lipinski definition) is 2. The minimum Gasteiger partial charge on any atom is -0.393 e. The van der Waals surface area contributed by atoms with Crippen molar-refractivity contribution >= 4 is 17.8 Å². The second-order valence-corrected chi connectivity index (χ2v) is 8.71. The van der Waals surface area contributed by atoms with Gasteiger partial charge in [-0.3, -0.25) is 0 Å². The molecule has 1 aliphatic rings. The number of nitrogens with zero attached hydrogens (tertiary/aromatic N) is 1. The van der Waals surface area contributed by atoms with Crippen molar-refractivity contribution in [2.24, 2.45) is 5.41 Å². The molecule has 0 bridgehead atoms. The van der Waals surface area contributed by atoms with Gasteiger partial charge in [-0.1, -0.05) is 13.8 Å². The minimum absolute atomic E-state index is 0.0204. The minimum atomic E-state index is -0.336. The number of rotatable bonds is 4. The average molecular weight is 288 g/mol. The van der Waals surface area contributed by atoms with Crippen LogP contribution in [0.2, 0.25) is 0 Å². The highest BCUT2D eigenvalue weighted by molar-refractivity contribution is 8.00. The van der Waals surface area contributed by atoms with E-state index in [9.17, 15) is 9.90 Å². The van der Waals surface area contributed by atoms with E-state index in [1.54, 1.807) is 6.92 Å². The molecular weight excluding hydrogens is 260 g/mol. The van der Waals surface area contributed by atoms with Gasteiger partial charge in [0, 0.05) is 30.1 Å². The lowest BCUT2D eigenvalue weighted by molar-refractivity contribution is 0.126. The number of thioether (sulfide) groups is 1. The number of aliphatic hydroxyl groups is 1. The monoisotopic (exact) mass is 288 g/mol. The Morgan fingerprint density at radius 1 is 1.53 bits per heavy atom. The van der Waals surface area contributed by atoms with E-state index in [2.05, 4.69) is 33.0 Å². The zero-order chi connectivity index (χ0) is 14.7. The third kappa shape index (κ3) is 6.04. The lowest BCUT2D eigenvalue weighted by atomic mass is 9.87.